The second-order valence-corrected chi connectivity index (χ2v) is 5.96. The number of benzene rings is 1. The third-order valence-corrected chi connectivity index (χ3v) is 4.15. The lowest BCUT2D eigenvalue weighted by Gasteiger charge is -2.24. The molecule has 0 aliphatic carbocycles. The molecule has 0 radical (unpaired) electrons. The van der Waals surface area contributed by atoms with Gasteiger partial charge in [-0.3, -0.25) is 0 Å². The van der Waals surface area contributed by atoms with Gasteiger partial charge in [0.05, 0.1) is 19.9 Å². The molecule has 1 aromatic carbocycles. The fourth-order valence-electron chi connectivity index (χ4n) is 2.78. The standard InChI is InChI=1S/C19H22N4O3/c1-22-11-10-20-18(22)17(15-8-4-5-9-16(15)25-3)21-19(24)23(2)13-14-7-6-12-26-14/h4-12,17H,13H2,1-3H3,(H,21,24). The lowest BCUT2D eigenvalue weighted by molar-refractivity contribution is 0.200. The first kappa shape index (κ1) is 17.6. The summed E-state index contributed by atoms with van der Waals surface area (Å²) < 4.78 is 12.7. The van der Waals surface area contributed by atoms with Crippen LogP contribution in [-0.4, -0.2) is 34.6 Å². The molecule has 0 fully saturated rings. The van der Waals surface area contributed by atoms with Gasteiger partial charge in [0.25, 0.3) is 0 Å². The number of hydrogen-bond donors (Lipinski definition) is 1. The maximum atomic E-state index is 12.8. The fourth-order valence-corrected chi connectivity index (χ4v) is 2.78. The van der Waals surface area contributed by atoms with Crippen molar-refractivity contribution in [2.75, 3.05) is 14.2 Å². The summed E-state index contributed by atoms with van der Waals surface area (Å²) in [6.07, 6.45) is 5.14. The Kier molecular flexibility index (Phi) is 5.26. The zero-order valence-electron chi connectivity index (χ0n) is 15.0. The minimum Gasteiger partial charge on any atom is -0.496 e. The van der Waals surface area contributed by atoms with E-state index in [0.717, 1.165) is 5.56 Å². The first-order chi connectivity index (χ1) is 12.6. The van der Waals surface area contributed by atoms with E-state index in [9.17, 15) is 4.79 Å². The van der Waals surface area contributed by atoms with Crippen molar-refractivity contribution in [3.63, 3.8) is 0 Å². The van der Waals surface area contributed by atoms with Gasteiger partial charge in [-0.1, -0.05) is 18.2 Å². The van der Waals surface area contributed by atoms with Crippen LogP contribution in [0.15, 0.2) is 59.5 Å². The number of methoxy groups -OCH3 is 1. The van der Waals surface area contributed by atoms with Crippen LogP contribution in [0, 0.1) is 0 Å². The summed E-state index contributed by atoms with van der Waals surface area (Å²) in [7, 11) is 5.22. The van der Waals surface area contributed by atoms with Crippen LogP contribution >= 0.6 is 0 Å². The number of furan rings is 1. The predicted molar refractivity (Wildman–Crippen MR) is 96.8 cm³/mol. The van der Waals surface area contributed by atoms with E-state index in [1.54, 1.807) is 37.6 Å². The topological polar surface area (TPSA) is 72.5 Å². The molecule has 1 unspecified atom stereocenters. The molecule has 0 saturated carbocycles. The molecular weight excluding hydrogens is 332 g/mol. The van der Waals surface area contributed by atoms with Crippen LogP contribution in [0.2, 0.25) is 0 Å². The molecular formula is C19H22N4O3. The van der Waals surface area contributed by atoms with Gasteiger partial charge in [0.2, 0.25) is 0 Å². The summed E-state index contributed by atoms with van der Waals surface area (Å²) in [5.41, 5.74) is 0.837. The van der Waals surface area contributed by atoms with Crippen LogP contribution in [-0.2, 0) is 13.6 Å². The van der Waals surface area contributed by atoms with Gasteiger partial charge in [0.1, 0.15) is 23.4 Å². The van der Waals surface area contributed by atoms with Crippen molar-refractivity contribution in [1.29, 1.82) is 0 Å². The van der Waals surface area contributed by atoms with Crippen LogP contribution in [0.1, 0.15) is 23.2 Å². The highest BCUT2D eigenvalue weighted by molar-refractivity contribution is 5.75. The molecule has 3 aromatic rings. The Morgan fingerprint density at radius 3 is 2.81 bits per heavy atom. The molecule has 3 rings (SSSR count). The van der Waals surface area contributed by atoms with Gasteiger partial charge >= 0.3 is 6.03 Å². The number of nitrogens with one attached hydrogen (secondary N) is 1. The lowest BCUT2D eigenvalue weighted by atomic mass is 10.0. The maximum Gasteiger partial charge on any atom is 0.318 e. The van der Waals surface area contributed by atoms with Crippen molar-refractivity contribution in [3.05, 3.63) is 72.2 Å². The fraction of sp³-hybridized carbons (Fsp3) is 0.263. The largest absolute Gasteiger partial charge is 0.496 e. The molecule has 2 aromatic heterocycles. The van der Waals surface area contributed by atoms with Crippen molar-refractivity contribution in [2.45, 2.75) is 12.6 Å². The van der Waals surface area contributed by atoms with Gasteiger partial charge in [0, 0.05) is 32.1 Å². The zero-order valence-corrected chi connectivity index (χ0v) is 15.0. The molecule has 1 atom stereocenters. The van der Waals surface area contributed by atoms with Crippen LogP contribution < -0.4 is 10.1 Å². The van der Waals surface area contributed by atoms with Crippen molar-refractivity contribution in [1.82, 2.24) is 19.8 Å². The van der Waals surface area contributed by atoms with Crippen molar-refractivity contribution in [3.8, 4) is 5.75 Å². The monoisotopic (exact) mass is 354 g/mol. The highest BCUT2D eigenvalue weighted by Gasteiger charge is 2.25. The Balaban J connectivity index is 1.87. The van der Waals surface area contributed by atoms with Gasteiger partial charge in [-0.15, -0.1) is 0 Å². The zero-order chi connectivity index (χ0) is 18.5. The average molecular weight is 354 g/mol. The number of urea groups is 1. The van der Waals surface area contributed by atoms with Crippen molar-refractivity contribution < 1.29 is 13.9 Å². The van der Waals surface area contributed by atoms with Gasteiger partial charge in [-0.2, -0.15) is 0 Å². The number of imidazole rings is 1. The summed E-state index contributed by atoms with van der Waals surface area (Å²) in [4.78, 5) is 18.7. The molecule has 7 nitrogen and oxygen atoms in total. The number of carbonyl (C=O) groups is 1. The first-order valence-electron chi connectivity index (χ1n) is 8.24. The Hall–Kier alpha value is -3.22. The predicted octanol–water partition coefficient (Wildman–Crippen LogP) is 2.95. The Bertz CT molecular complexity index is 857. The van der Waals surface area contributed by atoms with E-state index >= 15 is 0 Å². The first-order valence-corrected chi connectivity index (χ1v) is 8.24. The quantitative estimate of drug-likeness (QED) is 0.739. The van der Waals surface area contributed by atoms with E-state index in [1.807, 2.05) is 48.1 Å². The number of carbonyl (C=O) groups excluding carboxylic acids is 1. The molecule has 2 heterocycles. The summed E-state index contributed by atoms with van der Waals surface area (Å²) in [6.45, 7) is 0.373. The lowest BCUT2D eigenvalue weighted by Crippen LogP contribution is -2.40. The number of nitrogens with zero attached hydrogens (tertiary/aromatic N) is 3. The summed E-state index contributed by atoms with van der Waals surface area (Å²) in [5, 5.41) is 3.05. The Morgan fingerprint density at radius 2 is 2.15 bits per heavy atom. The third kappa shape index (κ3) is 3.72. The Labute approximate surface area is 152 Å². The number of aromatic nitrogens is 2. The molecule has 7 heteroatoms. The van der Waals surface area contributed by atoms with E-state index in [2.05, 4.69) is 10.3 Å². The second kappa shape index (κ2) is 7.77. The highest BCUT2D eigenvalue weighted by Crippen LogP contribution is 2.29. The molecule has 2 amide bonds. The molecule has 26 heavy (non-hydrogen) atoms. The van der Waals surface area contributed by atoms with E-state index in [-0.39, 0.29) is 6.03 Å². The van der Waals surface area contributed by atoms with E-state index in [0.29, 0.717) is 23.9 Å². The number of amides is 2. The SMILES string of the molecule is COc1ccccc1C(NC(=O)N(C)Cc1ccco1)c1nccn1C. The van der Waals surface area contributed by atoms with Gasteiger partial charge in [0.15, 0.2) is 0 Å². The van der Waals surface area contributed by atoms with Crippen LogP contribution in [0.3, 0.4) is 0 Å². The number of aryl methyl sites for hydroxylation is 1. The summed E-state index contributed by atoms with van der Waals surface area (Å²) in [5.74, 6) is 2.12. The summed E-state index contributed by atoms with van der Waals surface area (Å²) in [6, 6.07) is 10.5. The van der Waals surface area contributed by atoms with Crippen molar-refractivity contribution in [2.24, 2.45) is 7.05 Å². The minimum absolute atomic E-state index is 0.236. The third-order valence-electron chi connectivity index (χ3n) is 4.15. The number of ether oxygens (including phenoxy) is 1. The Morgan fingerprint density at radius 1 is 1.35 bits per heavy atom. The number of hydrogen-bond acceptors (Lipinski definition) is 4. The van der Waals surface area contributed by atoms with E-state index in [4.69, 9.17) is 9.15 Å². The van der Waals surface area contributed by atoms with Gasteiger partial charge in [-0.25, -0.2) is 9.78 Å². The molecule has 136 valence electrons. The molecule has 0 aliphatic rings. The number of para-hydroxylation sites is 1. The maximum absolute atomic E-state index is 12.8. The molecule has 0 saturated heterocycles. The smallest absolute Gasteiger partial charge is 0.318 e. The van der Waals surface area contributed by atoms with E-state index in [1.165, 1.54) is 0 Å². The van der Waals surface area contributed by atoms with Gasteiger partial charge < -0.3 is 23.9 Å². The molecule has 0 spiro atoms. The molecule has 1 N–H and O–H groups in total. The van der Waals surface area contributed by atoms with Crippen LogP contribution in [0.25, 0.3) is 0 Å². The number of rotatable bonds is 6. The van der Waals surface area contributed by atoms with Crippen LogP contribution in [0.5, 0.6) is 5.75 Å². The second-order valence-electron chi connectivity index (χ2n) is 5.96. The highest BCUT2D eigenvalue weighted by atomic mass is 16.5. The van der Waals surface area contributed by atoms with Crippen molar-refractivity contribution >= 4 is 6.03 Å². The summed E-state index contributed by atoms with van der Waals surface area (Å²) >= 11 is 0. The van der Waals surface area contributed by atoms with Crippen LogP contribution in [0.4, 0.5) is 4.79 Å². The van der Waals surface area contributed by atoms with E-state index < -0.39 is 6.04 Å². The molecule has 0 bridgehead atoms. The normalized spacial score (nSPS) is 11.8. The minimum atomic E-state index is -0.447. The molecule has 0 aliphatic heterocycles. The van der Waals surface area contributed by atoms with Gasteiger partial charge in [-0.05, 0) is 18.2 Å². The average Bonchev–Trinajstić information content (AvgIpc) is 3.31.